The first-order chi connectivity index (χ1) is 11.7. The third-order valence-corrected chi connectivity index (χ3v) is 3.00. The summed E-state index contributed by atoms with van der Waals surface area (Å²) in [5.74, 6) is -1.37. The molecule has 132 valence electrons. The van der Waals surface area contributed by atoms with Crippen LogP contribution in [0.4, 0.5) is 24.5 Å². The Morgan fingerprint density at radius 3 is 2.08 bits per heavy atom. The van der Waals surface area contributed by atoms with Crippen molar-refractivity contribution in [1.82, 2.24) is 5.43 Å². The van der Waals surface area contributed by atoms with E-state index in [0.717, 1.165) is 12.1 Å². The van der Waals surface area contributed by atoms with E-state index < -0.39 is 12.3 Å². The van der Waals surface area contributed by atoms with Gasteiger partial charge >= 0.3 is 12.3 Å². The van der Waals surface area contributed by atoms with Crippen LogP contribution in [-0.2, 0) is 0 Å². The maximum Gasteiger partial charge on any atom is 0.573 e. The Labute approximate surface area is 145 Å². The number of aromatic carboxylic acids is 1. The van der Waals surface area contributed by atoms with Crippen LogP contribution in [0.1, 0.15) is 10.4 Å². The van der Waals surface area contributed by atoms with Crippen LogP contribution in [0.15, 0.2) is 48.5 Å². The predicted octanol–water partition coefficient (Wildman–Crippen LogP) is 3.60. The number of alkyl halides is 3. The molecule has 6 nitrogen and oxygen atoms in total. The van der Waals surface area contributed by atoms with E-state index in [1.807, 2.05) is 0 Å². The van der Waals surface area contributed by atoms with Gasteiger partial charge in [-0.25, -0.2) is 4.79 Å². The van der Waals surface area contributed by atoms with Crippen molar-refractivity contribution < 1.29 is 27.8 Å². The third-order valence-electron chi connectivity index (χ3n) is 2.80. The Hall–Kier alpha value is -3.01. The number of hydrogen-bond donors (Lipinski definition) is 4. The molecule has 0 unspecified atom stereocenters. The van der Waals surface area contributed by atoms with Crippen LogP contribution in [0.25, 0.3) is 0 Å². The monoisotopic (exact) mass is 371 g/mol. The topological polar surface area (TPSA) is 82.6 Å². The van der Waals surface area contributed by atoms with E-state index >= 15 is 0 Å². The lowest BCUT2D eigenvalue weighted by atomic mass is 10.2. The lowest BCUT2D eigenvalue weighted by Crippen LogP contribution is -2.33. The van der Waals surface area contributed by atoms with Gasteiger partial charge < -0.3 is 15.2 Å². The van der Waals surface area contributed by atoms with Crippen LogP contribution < -0.4 is 20.9 Å². The number of ether oxygens (including phenoxy) is 1. The highest BCUT2D eigenvalue weighted by Gasteiger charge is 2.30. The van der Waals surface area contributed by atoms with Crippen molar-refractivity contribution in [2.45, 2.75) is 6.36 Å². The molecule has 2 rings (SSSR count). The second-order valence-electron chi connectivity index (χ2n) is 4.66. The van der Waals surface area contributed by atoms with Crippen LogP contribution in [-0.4, -0.2) is 22.6 Å². The maximum atomic E-state index is 12.1. The molecule has 25 heavy (non-hydrogen) atoms. The summed E-state index contributed by atoms with van der Waals surface area (Å²) in [6.45, 7) is 0. The van der Waals surface area contributed by atoms with Gasteiger partial charge in [-0.3, -0.25) is 10.9 Å². The molecule has 0 amide bonds. The van der Waals surface area contributed by atoms with E-state index in [2.05, 4.69) is 20.9 Å². The molecule has 2 aromatic carbocycles. The number of carbonyl (C=O) groups is 1. The zero-order valence-corrected chi connectivity index (χ0v) is 13.2. The number of rotatable bonds is 5. The van der Waals surface area contributed by atoms with Crippen molar-refractivity contribution in [1.29, 1.82) is 0 Å². The molecule has 0 bridgehead atoms. The molecule has 0 aromatic heterocycles. The number of nitrogens with one attached hydrogen (secondary N) is 3. The minimum atomic E-state index is -4.74. The summed E-state index contributed by atoms with van der Waals surface area (Å²) in [6.07, 6.45) is -4.74. The van der Waals surface area contributed by atoms with E-state index in [-0.39, 0.29) is 16.4 Å². The zero-order chi connectivity index (χ0) is 18.4. The number of hydrazine groups is 1. The highest BCUT2D eigenvalue weighted by atomic mass is 32.1. The molecule has 0 saturated carbocycles. The fourth-order valence-electron chi connectivity index (χ4n) is 1.73. The van der Waals surface area contributed by atoms with Gasteiger partial charge in [0, 0.05) is 5.69 Å². The highest BCUT2D eigenvalue weighted by Crippen LogP contribution is 2.23. The molecule has 0 spiro atoms. The molecule has 0 saturated heterocycles. The number of benzene rings is 2. The lowest BCUT2D eigenvalue weighted by Gasteiger charge is -2.13. The molecular weight excluding hydrogens is 359 g/mol. The largest absolute Gasteiger partial charge is 0.573 e. The molecule has 0 aliphatic heterocycles. The average molecular weight is 371 g/mol. The summed E-state index contributed by atoms with van der Waals surface area (Å²) in [5.41, 5.74) is 6.59. The van der Waals surface area contributed by atoms with Crippen LogP contribution in [0.5, 0.6) is 5.75 Å². The van der Waals surface area contributed by atoms with Gasteiger partial charge in [-0.15, -0.1) is 13.2 Å². The fraction of sp³-hybridized carbons (Fsp3) is 0.0667. The van der Waals surface area contributed by atoms with E-state index in [9.17, 15) is 18.0 Å². The maximum absolute atomic E-state index is 12.1. The summed E-state index contributed by atoms with van der Waals surface area (Å²) in [4.78, 5) is 10.7. The Morgan fingerprint density at radius 2 is 1.56 bits per heavy atom. The fourth-order valence-corrected chi connectivity index (χ4v) is 1.90. The zero-order valence-electron chi connectivity index (χ0n) is 12.4. The van der Waals surface area contributed by atoms with Crippen molar-refractivity contribution in [2.75, 3.05) is 10.7 Å². The number of carboxylic acid groups (broad SMARTS) is 1. The standard InChI is InChI=1S/C15H12F3N3O3S/c16-15(17,18)24-12-7-5-10(6-8-12)19-14(25)21-20-11-3-1-9(2-4-11)13(22)23/h1-8,20H,(H,22,23)(H2,19,21,25). The summed E-state index contributed by atoms with van der Waals surface area (Å²) in [7, 11) is 0. The van der Waals surface area contributed by atoms with Crippen molar-refractivity contribution >= 4 is 34.7 Å². The first-order valence-corrected chi connectivity index (χ1v) is 7.16. The van der Waals surface area contributed by atoms with Gasteiger partial charge in [0.25, 0.3) is 0 Å². The molecule has 0 atom stereocenters. The van der Waals surface area contributed by atoms with Gasteiger partial charge in [0.1, 0.15) is 5.75 Å². The number of carboxylic acids is 1. The molecular formula is C15H12F3N3O3S. The quantitative estimate of drug-likeness (QED) is 0.472. The lowest BCUT2D eigenvalue weighted by molar-refractivity contribution is -0.274. The summed E-state index contributed by atoms with van der Waals surface area (Å²) < 4.78 is 40.0. The van der Waals surface area contributed by atoms with Gasteiger partial charge in [-0.05, 0) is 60.7 Å². The molecule has 0 aliphatic carbocycles. The van der Waals surface area contributed by atoms with Gasteiger partial charge in [0.15, 0.2) is 5.11 Å². The highest BCUT2D eigenvalue weighted by molar-refractivity contribution is 7.80. The van der Waals surface area contributed by atoms with Gasteiger partial charge in [0.05, 0.1) is 11.3 Å². The first kappa shape index (κ1) is 18.3. The Balaban J connectivity index is 1.84. The molecule has 2 aromatic rings. The van der Waals surface area contributed by atoms with Crippen LogP contribution in [0.3, 0.4) is 0 Å². The second kappa shape index (κ2) is 7.71. The molecule has 0 aliphatic rings. The van der Waals surface area contributed by atoms with Crippen molar-refractivity contribution in [3.63, 3.8) is 0 Å². The van der Waals surface area contributed by atoms with Gasteiger partial charge in [0.2, 0.25) is 0 Å². The number of halogens is 3. The molecule has 4 N–H and O–H groups in total. The number of thiocarbonyl (C=S) groups is 1. The smallest absolute Gasteiger partial charge is 0.478 e. The molecule has 0 heterocycles. The Bertz CT molecular complexity index is 749. The summed E-state index contributed by atoms with van der Waals surface area (Å²) in [5, 5.41) is 11.7. The van der Waals surface area contributed by atoms with Crippen molar-refractivity contribution in [2.24, 2.45) is 0 Å². The summed E-state index contributed by atoms with van der Waals surface area (Å²) >= 11 is 5.03. The third kappa shape index (κ3) is 6.18. The van der Waals surface area contributed by atoms with Crippen molar-refractivity contribution in [3.05, 3.63) is 54.1 Å². The minimum absolute atomic E-state index is 0.146. The van der Waals surface area contributed by atoms with Crippen LogP contribution in [0.2, 0.25) is 0 Å². The van der Waals surface area contributed by atoms with Gasteiger partial charge in [-0.2, -0.15) is 0 Å². The predicted molar refractivity (Wildman–Crippen MR) is 89.5 cm³/mol. The Morgan fingerprint density at radius 1 is 1.00 bits per heavy atom. The minimum Gasteiger partial charge on any atom is -0.478 e. The normalized spacial score (nSPS) is 10.7. The first-order valence-electron chi connectivity index (χ1n) is 6.75. The van der Waals surface area contributed by atoms with Crippen molar-refractivity contribution in [3.8, 4) is 5.75 Å². The average Bonchev–Trinajstić information content (AvgIpc) is 2.54. The van der Waals surface area contributed by atoms with E-state index in [1.165, 1.54) is 24.3 Å². The number of anilines is 2. The van der Waals surface area contributed by atoms with Gasteiger partial charge in [-0.1, -0.05) is 0 Å². The summed E-state index contributed by atoms with van der Waals surface area (Å²) in [6, 6.07) is 11.0. The second-order valence-corrected chi connectivity index (χ2v) is 5.07. The SMILES string of the molecule is O=C(O)c1ccc(NNC(=S)Nc2ccc(OC(F)(F)F)cc2)cc1. The Kier molecular flexibility index (Phi) is 5.65. The van der Waals surface area contributed by atoms with E-state index in [0.29, 0.717) is 11.4 Å². The van der Waals surface area contributed by atoms with E-state index in [1.54, 1.807) is 12.1 Å². The number of hydrogen-bond acceptors (Lipinski definition) is 4. The molecule has 0 fully saturated rings. The molecule has 0 radical (unpaired) electrons. The molecule has 10 heteroatoms. The van der Waals surface area contributed by atoms with Crippen LogP contribution in [0, 0.1) is 0 Å². The van der Waals surface area contributed by atoms with E-state index in [4.69, 9.17) is 17.3 Å². The van der Waals surface area contributed by atoms with Crippen LogP contribution >= 0.6 is 12.2 Å².